The number of nitrogens with one attached hydrogen (secondary N) is 1. The van der Waals surface area contributed by atoms with Crippen LogP contribution in [0.3, 0.4) is 0 Å². The molecule has 0 bridgehead atoms. The highest BCUT2D eigenvalue weighted by Crippen LogP contribution is 2.16. The van der Waals surface area contributed by atoms with E-state index in [2.05, 4.69) is 5.32 Å². The molecule has 0 aliphatic heterocycles. The van der Waals surface area contributed by atoms with Gasteiger partial charge in [-0.2, -0.15) is 0 Å². The van der Waals surface area contributed by atoms with E-state index < -0.39 is 12.0 Å². The molecule has 0 aliphatic carbocycles. The Morgan fingerprint density at radius 2 is 2.54 bits per heavy atom. The van der Waals surface area contributed by atoms with Crippen LogP contribution < -0.4 is 5.32 Å². The van der Waals surface area contributed by atoms with Crippen molar-refractivity contribution in [3.8, 4) is 0 Å². The van der Waals surface area contributed by atoms with Gasteiger partial charge >= 0.3 is 5.97 Å². The molecule has 0 saturated heterocycles. The van der Waals surface area contributed by atoms with Crippen LogP contribution in [0, 0.1) is 0 Å². The first-order valence-electron chi connectivity index (χ1n) is 3.69. The van der Waals surface area contributed by atoms with Crippen molar-refractivity contribution in [3.63, 3.8) is 0 Å². The van der Waals surface area contributed by atoms with Gasteiger partial charge in [0.1, 0.15) is 5.76 Å². The Morgan fingerprint density at radius 1 is 1.77 bits per heavy atom. The molecule has 0 unspecified atom stereocenters. The van der Waals surface area contributed by atoms with Crippen molar-refractivity contribution >= 4 is 12.4 Å². The van der Waals surface area contributed by atoms with Gasteiger partial charge in [-0.05, 0) is 12.1 Å². The summed E-state index contributed by atoms with van der Waals surface area (Å²) in [5.74, 6) is -0.551. The minimum atomic E-state index is -0.990. The lowest BCUT2D eigenvalue weighted by molar-refractivity contribution is -0.137. The third kappa shape index (κ3) is 2.62. The SMILES string of the molecule is O=CN[C@@H](CC(=O)O)c1ccco1. The van der Waals surface area contributed by atoms with Gasteiger partial charge in [-0.25, -0.2) is 0 Å². The highest BCUT2D eigenvalue weighted by molar-refractivity contribution is 5.68. The summed E-state index contributed by atoms with van der Waals surface area (Å²) in [4.78, 5) is 20.5. The third-order valence-electron chi connectivity index (χ3n) is 1.53. The van der Waals surface area contributed by atoms with Crippen LogP contribution in [-0.2, 0) is 9.59 Å². The van der Waals surface area contributed by atoms with E-state index in [1.807, 2.05) is 0 Å². The Hall–Kier alpha value is -1.78. The van der Waals surface area contributed by atoms with Crippen LogP contribution in [-0.4, -0.2) is 17.5 Å². The quantitative estimate of drug-likeness (QED) is 0.653. The Kier molecular flexibility index (Phi) is 3.08. The Bertz CT molecular complexity index is 280. The molecule has 5 heteroatoms. The first kappa shape index (κ1) is 9.31. The lowest BCUT2D eigenvalue weighted by Crippen LogP contribution is -2.21. The van der Waals surface area contributed by atoms with E-state index in [0.29, 0.717) is 12.2 Å². The van der Waals surface area contributed by atoms with E-state index in [-0.39, 0.29) is 6.42 Å². The maximum atomic E-state index is 10.4. The van der Waals surface area contributed by atoms with Crippen LogP contribution in [0.25, 0.3) is 0 Å². The normalized spacial score (nSPS) is 12.0. The van der Waals surface area contributed by atoms with Gasteiger partial charge in [0.2, 0.25) is 6.41 Å². The van der Waals surface area contributed by atoms with E-state index >= 15 is 0 Å². The Morgan fingerprint density at radius 3 is 3.00 bits per heavy atom. The van der Waals surface area contributed by atoms with E-state index in [9.17, 15) is 9.59 Å². The van der Waals surface area contributed by atoms with Crippen molar-refractivity contribution < 1.29 is 19.1 Å². The number of aliphatic carboxylic acids is 1. The average Bonchev–Trinajstić information content (AvgIpc) is 2.54. The van der Waals surface area contributed by atoms with Gasteiger partial charge in [0, 0.05) is 0 Å². The molecule has 0 saturated carbocycles. The van der Waals surface area contributed by atoms with E-state index in [1.165, 1.54) is 6.26 Å². The molecule has 1 aromatic rings. The highest BCUT2D eigenvalue weighted by Gasteiger charge is 2.16. The summed E-state index contributed by atoms with van der Waals surface area (Å²) in [5.41, 5.74) is 0. The monoisotopic (exact) mass is 183 g/mol. The molecular formula is C8H9NO4. The second kappa shape index (κ2) is 4.30. The van der Waals surface area contributed by atoms with Crippen LogP contribution in [0.1, 0.15) is 18.2 Å². The molecule has 0 fully saturated rings. The molecule has 70 valence electrons. The second-order valence-electron chi connectivity index (χ2n) is 2.45. The fraction of sp³-hybridized carbons (Fsp3) is 0.250. The molecule has 1 heterocycles. The van der Waals surface area contributed by atoms with Gasteiger partial charge in [0.05, 0.1) is 18.7 Å². The zero-order valence-electron chi connectivity index (χ0n) is 6.77. The first-order chi connectivity index (χ1) is 6.24. The zero-order chi connectivity index (χ0) is 9.68. The summed E-state index contributed by atoms with van der Waals surface area (Å²) in [7, 11) is 0. The number of furan rings is 1. The summed E-state index contributed by atoms with van der Waals surface area (Å²) < 4.78 is 4.96. The fourth-order valence-corrected chi connectivity index (χ4v) is 0.988. The molecule has 1 rings (SSSR count). The maximum Gasteiger partial charge on any atom is 0.305 e. The molecule has 0 spiro atoms. The van der Waals surface area contributed by atoms with Gasteiger partial charge in [-0.1, -0.05) is 0 Å². The van der Waals surface area contributed by atoms with Gasteiger partial charge in [0.15, 0.2) is 0 Å². The molecule has 1 amide bonds. The molecular weight excluding hydrogens is 174 g/mol. The molecule has 1 atom stereocenters. The summed E-state index contributed by atoms with van der Waals surface area (Å²) in [5, 5.41) is 10.9. The van der Waals surface area contributed by atoms with Gasteiger partial charge in [0.25, 0.3) is 0 Å². The maximum absolute atomic E-state index is 10.4. The number of hydrogen-bond donors (Lipinski definition) is 2. The van der Waals surface area contributed by atoms with Crippen molar-refractivity contribution in [2.45, 2.75) is 12.5 Å². The number of carbonyl (C=O) groups is 2. The van der Waals surface area contributed by atoms with Crippen molar-refractivity contribution in [2.75, 3.05) is 0 Å². The van der Waals surface area contributed by atoms with Crippen molar-refractivity contribution in [1.82, 2.24) is 5.32 Å². The summed E-state index contributed by atoms with van der Waals surface area (Å²) in [6.45, 7) is 0. The van der Waals surface area contributed by atoms with Gasteiger partial charge in [-0.3, -0.25) is 9.59 Å². The Balaban J connectivity index is 2.67. The molecule has 1 aromatic heterocycles. The van der Waals surface area contributed by atoms with Gasteiger partial charge in [-0.15, -0.1) is 0 Å². The van der Waals surface area contributed by atoms with Crippen molar-refractivity contribution in [1.29, 1.82) is 0 Å². The standard InChI is InChI=1S/C8H9NO4/c10-5-9-6(4-8(11)12)7-2-1-3-13-7/h1-3,5-6H,4H2,(H,9,10)(H,11,12)/t6-/m0/s1. The smallest absolute Gasteiger partial charge is 0.305 e. The third-order valence-corrected chi connectivity index (χ3v) is 1.53. The molecule has 0 aromatic carbocycles. The average molecular weight is 183 g/mol. The number of rotatable bonds is 5. The number of carboxylic acids is 1. The highest BCUT2D eigenvalue weighted by atomic mass is 16.4. The van der Waals surface area contributed by atoms with E-state index in [1.54, 1.807) is 12.1 Å². The number of carboxylic acid groups (broad SMARTS) is 1. The van der Waals surface area contributed by atoms with Crippen molar-refractivity contribution in [3.05, 3.63) is 24.2 Å². The first-order valence-corrected chi connectivity index (χ1v) is 3.69. The van der Waals surface area contributed by atoms with Crippen LogP contribution in [0.2, 0.25) is 0 Å². The number of hydrogen-bond acceptors (Lipinski definition) is 3. The van der Waals surface area contributed by atoms with Crippen LogP contribution in [0.5, 0.6) is 0 Å². The van der Waals surface area contributed by atoms with Crippen LogP contribution >= 0.6 is 0 Å². The summed E-state index contributed by atoms with van der Waals surface area (Å²) in [6.07, 6.45) is 1.69. The lowest BCUT2D eigenvalue weighted by Gasteiger charge is -2.09. The lowest BCUT2D eigenvalue weighted by atomic mass is 10.1. The number of carbonyl (C=O) groups excluding carboxylic acids is 1. The predicted octanol–water partition coefficient (Wildman–Crippen LogP) is 0.541. The number of amides is 1. The Labute approximate surface area is 74.4 Å². The van der Waals surface area contributed by atoms with E-state index in [4.69, 9.17) is 9.52 Å². The summed E-state index contributed by atoms with van der Waals surface area (Å²) >= 11 is 0. The minimum Gasteiger partial charge on any atom is -0.481 e. The second-order valence-corrected chi connectivity index (χ2v) is 2.45. The minimum absolute atomic E-state index is 0.188. The predicted molar refractivity (Wildman–Crippen MR) is 42.9 cm³/mol. The molecule has 13 heavy (non-hydrogen) atoms. The van der Waals surface area contributed by atoms with Crippen LogP contribution in [0.15, 0.2) is 22.8 Å². The zero-order valence-corrected chi connectivity index (χ0v) is 6.77. The largest absolute Gasteiger partial charge is 0.481 e. The molecule has 2 N–H and O–H groups in total. The topological polar surface area (TPSA) is 79.5 Å². The van der Waals surface area contributed by atoms with E-state index in [0.717, 1.165) is 0 Å². The van der Waals surface area contributed by atoms with Crippen molar-refractivity contribution in [2.24, 2.45) is 0 Å². The molecule has 5 nitrogen and oxygen atoms in total. The van der Waals surface area contributed by atoms with Gasteiger partial charge < -0.3 is 14.8 Å². The molecule has 0 aliphatic rings. The fourth-order valence-electron chi connectivity index (χ4n) is 0.988. The molecule has 0 radical (unpaired) electrons. The van der Waals surface area contributed by atoms with Crippen LogP contribution in [0.4, 0.5) is 0 Å². The summed E-state index contributed by atoms with van der Waals surface area (Å²) in [6, 6.07) is 2.66.